The second-order valence-electron chi connectivity index (χ2n) is 7.58. The van der Waals surface area contributed by atoms with Gasteiger partial charge in [-0.25, -0.2) is 8.78 Å². The summed E-state index contributed by atoms with van der Waals surface area (Å²) in [6, 6.07) is 5.00. The Morgan fingerprint density at radius 3 is 2.45 bits per heavy atom. The van der Waals surface area contributed by atoms with Crippen LogP contribution in [0.15, 0.2) is 36.4 Å². The summed E-state index contributed by atoms with van der Waals surface area (Å²) in [5.74, 6) is 3.83. The molecule has 1 fully saturated rings. The van der Waals surface area contributed by atoms with Gasteiger partial charge < -0.3 is 0 Å². The van der Waals surface area contributed by atoms with Crippen molar-refractivity contribution < 1.29 is 22.0 Å². The fraction of sp³-hybridized carbons (Fsp3) is 0.417. The van der Waals surface area contributed by atoms with Crippen molar-refractivity contribution in [1.29, 1.82) is 0 Å². The summed E-state index contributed by atoms with van der Waals surface area (Å²) >= 11 is 0. The third-order valence-corrected chi connectivity index (χ3v) is 5.59. The van der Waals surface area contributed by atoms with E-state index in [1.807, 2.05) is 6.92 Å². The van der Waals surface area contributed by atoms with Gasteiger partial charge in [-0.05, 0) is 63.5 Å². The Morgan fingerprint density at radius 2 is 1.79 bits per heavy atom. The number of allylic oxidation sites excluding steroid dienone is 2. The highest BCUT2D eigenvalue weighted by atomic mass is 19.4. The van der Waals surface area contributed by atoms with E-state index in [4.69, 9.17) is 0 Å². The summed E-state index contributed by atoms with van der Waals surface area (Å²) in [6.45, 7) is 2.02. The lowest BCUT2D eigenvalue weighted by Gasteiger charge is -2.25. The van der Waals surface area contributed by atoms with Crippen molar-refractivity contribution in [3.05, 3.63) is 59.2 Å². The van der Waals surface area contributed by atoms with Crippen LogP contribution in [0.1, 0.15) is 56.6 Å². The van der Waals surface area contributed by atoms with Gasteiger partial charge >= 0.3 is 6.18 Å². The Kier molecular flexibility index (Phi) is 6.62. The standard InChI is InChI=1S/C24H23F5/c1-2-3-4-6-16-9-11-17(12-10-16)13-14-18-7-5-8-19-20(18)15-21(25)22(23(19)26)24(27,28)29/h2-3,5,7-8,15-17H,4,6,9-12H2,1H3/b3-2+. The predicted molar refractivity (Wildman–Crippen MR) is 105 cm³/mol. The molecule has 0 heterocycles. The highest BCUT2D eigenvalue weighted by Crippen LogP contribution is 2.37. The summed E-state index contributed by atoms with van der Waals surface area (Å²) < 4.78 is 67.2. The highest BCUT2D eigenvalue weighted by molar-refractivity contribution is 5.89. The first-order chi connectivity index (χ1) is 13.8. The number of hydrogen-bond acceptors (Lipinski definition) is 0. The molecular weight excluding hydrogens is 383 g/mol. The lowest BCUT2D eigenvalue weighted by Crippen LogP contribution is -2.13. The number of rotatable bonds is 3. The van der Waals surface area contributed by atoms with Gasteiger partial charge in [-0.3, -0.25) is 0 Å². The number of alkyl halides is 3. The molecule has 0 saturated heterocycles. The molecule has 1 aliphatic rings. The summed E-state index contributed by atoms with van der Waals surface area (Å²) in [6.07, 6.45) is 5.56. The molecule has 1 saturated carbocycles. The molecule has 0 bridgehead atoms. The fourth-order valence-electron chi connectivity index (χ4n) is 3.99. The minimum absolute atomic E-state index is 0.0723. The van der Waals surface area contributed by atoms with E-state index in [2.05, 4.69) is 24.0 Å². The third-order valence-electron chi connectivity index (χ3n) is 5.59. The largest absolute Gasteiger partial charge is 0.422 e. The van der Waals surface area contributed by atoms with E-state index in [-0.39, 0.29) is 16.7 Å². The zero-order chi connectivity index (χ0) is 21.0. The number of fused-ring (bicyclic) bond motifs is 1. The molecule has 5 heteroatoms. The predicted octanol–water partition coefficient (Wildman–Crippen LogP) is 7.65. The molecule has 0 atom stereocenters. The molecule has 2 aromatic rings. The van der Waals surface area contributed by atoms with Gasteiger partial charge in [0.1, 0.15) is 17.2 Å². The average molecular weight is 406 g/mol. The van der Waals surface area contributed by atoms with Crippen LogP contribution in [-0.4, -0.2) is 0 Å². The van der Waals surface area contributed by atoms with E-state index >= 15 is 0 Å². The van der Waals surface area contributed by atoms with Crippen LogP contribution in [0.25, 0.3) is 10.8 Å². The smallest absolute Gasteiger partial charge is 0.206 e. The van der Waals surface area contributed by atoms with Crippen molar-refractivity contribution in [1.82, 2.24) is 0 Å². The van der Waals surface area contributed by atoms with Crippen molar-refractivity contribution in [3.8, 4) is 11.8 Å². The van der Waals surface area contributed by atoms with E-state index in [9.17, 15) is 22.0 Å². The molecule has 3 rings (SSSR count). The molecular formula is C24H23F5. The van der Waals surface area contributed by atoms with Crippen molar-refractivity contribution in [3.63, 3.8) is 0 Å². The van der Waals surface area contributed by atoms with E-state index in [1.165, 1.54) is 18.6 Å². The first kappa shape index (κ1) is 21.4. The summed E-state index contributed by atoms with van der Waals surface area (Å²) in [5, 5.41) is -0.193. The zero-order valence-corrected chi connectivity index (χ0v) is 16.3. The Labute approximate surface area is 167 Å². The molecule has 0 unspecified atom stereocenters. The van der Waals surface area contributed by atoms with Crippen LogP contribution in [0.2, 0.25) is 0 Å². The SMILES string of the molecule is C/C=C/CCC1CCC(C#Cc2cccc3c(F)c(C(F)(F)F)c(F)cc23)CC1. The molecule has 0 aromatic heterocycles. The molecule has 0 N–H and O–H groups in total. The summed E-state index contributed by atoms with van der Waals surface area (Å²) in [7, 11) is 0. The molecule has 1 aliphatic carbocycles. The first-order valence-corrected chi connectivity index (χ1v) is 9.92. The van der Waals surface area contributed by atoms with Gasteiger partial charge in [-0.2, -0.15) is 13.2 Å². The lowest BCUT2D eigenvalue weighted by molar-refractivity contribution is -0.142. The lowest BCUT2D eigenvalue weighted by atomic mass is 9.80. The molecule has 0 nitrogen and oxygen atoms in total. The number of benzene rings is 2. The van der Waals surface area contributed by atoms with Gasteiger partial charge in [-0.15, -0.1) is 0 Å². The molecule has 0 spiro atoms. The van der Waals surface area contributed by atoms with Crippen LogP contribution >= 0.6 is 0 Å². The minimum Gasteiger partial charge on any atom is -0.206 e. The number of hydrogen-bond donors (Lipinski definition) is 0. The van der Waals surface area contributed by atoms with Crippen molar-refractivity contribution >= 4 is 10.8 Å². The summed E-state index contributed by atoms with van der Waals surface area (Å²) in [5.41, 5.74) is -1.50. The van der Waals surface area contributed by atoms with Crippen LogP contribution in [0, 0.1) is 35.3 Å². The van der Waals surface area contributed by atoms with Gasteiger partial charge in [0.15, 0.2) is 0 Å². The number of halogens is 5. The second-order valence-corrected chi connectivity index (χ2v) is 7.58. The topological polar surface area (TPSA) is 0 Å². The molecule has 154 valence electrons. The zero-order valence-electron chi connectivity index (χ0n) is 16.3. The first-order valence-electron chi connectivity index (χ1n) is 9.92. The van der Waals surface area contributed by atoms with E-state index in [0.29, 0.717) is 11.5 Å². The van der Waals surface area contributed by atoms with E-state index in [1.54, 1.807) is 6.07 Å². The Morgan fingerprint density at radius 1 is 1.07 bits per heavy atom. The minimum atomic E-state index is -5.09. The Bertz CT molecular complexity index is 951. The Hall–Kier alpha value is -2.35. The highest BCUT2D eigenvalue weighted by Gasteiger charge is 2.38. The van der Waals surface area contributed by atoms with Gasteiger partial charge in [0, 0.05) is 22.3 Å². The van der Waals surface area contributed by atoms with Crippen molar-refractivity contribution in [2.24, 2.45) is 11.8 Å². The van der Waals surface area contributed by atoms with Gasteiger partial charge in [0.05, 0.1) is 0 Å². The maximum atomic E-state index is 14.4. The summed E-state index contributed by atoms with van der Waals surface area (Å²) in [4.78, 5) is 0. The van der Waals surface area contributed by atoms with Crippen LogP contribution in [0.5, 0.6) is 0 Å². The molecule has 0 amide bonds. The monoisotopic (exact) mass is 406 g/mol. The molecule has 29 heavy (non-hydrogen) atoms. The van der Waals surface area contributed by atoms with Crippen LogP contribution in [0.4, 0.5) is 22.0 Å². The average Bonchev–Trinajstić information content (AvgIpc) is 2.66. The quantitative estimate of drug-likeness (QED) is 0.279. The van der Waals surface area contributed by atoms with Crippen molar-refractivity contribution in [2.45, 2.75) is 51.6 Å². The maximum absolute atomic E-state index is 14.4. The molecule has 0 radical (unpaired) electrons. The van der Waals surface area contributed by atoms with Gasteiger partial charge in [-0.1, -0.05) is 36.1 Å². The maximum Gasteiger partial charge on any atom is 0.422 e. The Balaban J connectivity index is 1.81. The van der Waals surface area contributed by atoms with E-state index < -0.39 is 23.4 Å². The van der Waals surface area contributed by atoms with Gasteiger partial charge in [0.2, 0.25) is 0 Å². The van der Waals surface area contributed by atoms with Crippen LogP contribution in [-0.2, 0) is 6.18 Å². The fourth-order valence-corrected chi connectivity index (χ4v) is 3.99. The normalized spacial score (nSPS) is 20.1. The van der Waals surface area contributed by atoms with Crippen LogP contribution < -0.4 is 0 Å². The van der Waals surface area contributed by atoms with Crippen molar-refractivity contribution in [2.75, 3.05) is 0 Å². The second kappa shape index (κ2) is 8.98. The molecule has 2 aromatic carbocycles. The van der Waals surface area contributed by atoms with E-state index in [0.717, 1.165) is 38.2 Å². The third kappa shape index (κ3) is 4.98. The van der Waals surface area contributed by atoms with Gasteiger partial charge in [0.25, 0.3) is 0 Å². The van der Waals surface area contributed by atoms with Crippen LogP contribution in [0.3, 0.4) is 0 Å². The molecule has 0 aliphatic heterocycles.